The number of hydrogen-bond donors (Lipinski definition) is 0. The Morgan fingerprint density at radius 3 is 3.00 bits per heavy atom. The zero-order valence-corrected chi connectivity index (χ0v) is 14.2. The molecule has 2 aromatic rings. The lowest BCUT2D eigenvalue weighted by atomic mass is 10.3. The molecule has 0 radical (unpaired) electrons. The number of nitro groups is 1. The van der Waals surface area contributed by atoms with Crippen LogP contribution in [0.3, 0.4) is 0 Å². The van der Waals surface area contributed by atoms with Crippen molar-refractivity contribution in [1.29, 1.82) is 0 Å². The number of ether oxygens (including phenoxy) is 3. The molecule has 132 valence electrons. The van der Waals surface area contributed by atoms with Gasteiger partial charge < -0.3 is 18.8 Å². The molecule has 10 heteroatoms. The van der Waals surface area contributed by atoms with Crippen molar-refractivity contribution in [3.8, 4) is 0 Å². The van der Waals surface area contributed by atoms with E-state index in [9.17, 15) is 14.9 Å². The van der Waals surface area contributed by atoms with Crippen LogP contribution in [0.25, 0.3) is 10.2 Å². The average molecular weight is 365 g/mol. The zero-order valence-electron chi connectivity index (χ0n) is 13.3. The Hall–Kier alpha value is -2.72. The van der Waals surface area contributed by atoms with Gasteiger partial charge in [0.25, 0.3) is 5.69 Å². The molecular formula is C15H15N3O6S. The molecule has 1 aliphatic rings. The van der Waals surface area contributed by atoms with Gasteiger partial charge in [0.15, 0.2) is 4.80 Å². The largest absolute Gasteiger partial charge is 0.494 e. The van der Waals surface area contributed by atoms with Gasteiger partial charge in [0, 0.05) is 25.8 Å². The van der Waals surface area contributed by atoms with Crippen molar-refractivity contribution < 1.29 is 23.9 Å². The van der Waals surface area contributed by atoms with Crippen LogP contribution in [0.1, 0.15) is 0 Å². The van der Waals surface area contributed by atoms with Crippen molar-refractivity contribution in [2.45, 2.75) is 6.54 Å². The number of fused-ring (bicyclic) bond motifs is 1. The van der Waals surface area contributed by atoms with Gasteiger partial charge in [-0.15, -0.1) is 0 Å². The number of thiazole rings is 1. The van der Waals surface area contributed by atoms with Gasteiger partial charge in [-0.1, -0.05) is 11.3 Å². The summed E-state index contributed by atoms with van der Waals surface area (Å²) in [4.78, 5) is 27.3. The molecule has 1 aliphatic heterocycles. The number of carbonyl (C=O) groups excluding carboxylic acids is 1. The highest BCUT2D eigenvalue weighted by molar-refractivity contribution is 7.16. The maximum atomic E-state index is 12.3. The Bertz CT molecular complexity index is 914. The maximum absolute atomic E-state index is 12.3. The Labute approximate surface area is 145 Å². The highest BCUT2D eigenvalue weighted by Crippen LogP contribution is 2.23. The summed E-state index contributed by atoms with van der Waals surface area (Å²) in [7, 11) is 1.57. The second-order valence-electron chi connectivity index (χ2n) is 5.06. The fraction of sp³-hybridized carbons (Fsp3) is 0.333. The third-order valence-electron chi connectivity index (χ3n) is 3.45. The first kappa shape index (κ1) is 17.1. The predicted molar refractivity (Wildman–Crippen MR) is 88.9 cm³/mol. The fourth-order valence-corrected chi connectivity index (χ4v) is 3.37. The maximum Gasteiger partial charge on any atom is 0.317 e. The Balaban J connectivity index is 2.08. The molecule has 2 heterocycles. The molecule has 0 aliphatic carbocycles. The fourth-order valence-electron chi connectivity index (χ4n) is 2.28. The molecule has 0 atom stereocenters. The van der Waals surface area contributed by atoms with E-state index in [1.165, 1.54) is 29.7 Å². The van der Waals surface area contributed by atoms with Gasteiger partial charge in [0.05, 0.1) is 21.7 Å². The lowest BCUT2D eigenvalue weighted by Crippen LogP contribution is -2.21. The van der Waals surface area contributed by atoms with Gasteiger partial charge in [0.2, 0.25) is 5.76 Å². The van der Waals surface area contributed by atoms with Crippen LogP contribution in [-0.2, 0) is 25.5 Å². The van der Waals surface area contributed by atoms with E-state index >= 15 is 0 Å². The molecule has 25 heavy (non-hydrogen) atoms. The molecule has 0 saturated heterocycles. The van der Waals surface area contributed by atoms with E-state index in [0.29, 0.717) is 29.3 Å². The van der Waals surface area contributed by atoms with E-state index in [0.717, 1.165) is 5.52 Å². The van der Waals surface area contributed by atoms with Crippen molar-refractivity contribution >= 4 is 33.1 Å². The highest BCUT2D eigenvalue weighted by Gasteiger charge is 2.16. The number of aromatic nitrogens is 1. The normalized spacial score (nSPS) is 14.8. The number of benzene rings is 1. The summed E-state index contributed by atoms with van der Waals surface area (Å²) in [5.41, 5.74) is 0.728. The van der Waals surface area contributed by atoms with E-state index in [1.54, 1.807) is 17.7 Å². The van der Waals surface area contributed by atoms with E-state index in [2.05, 4.69) is 4.99 Å². The molecule has 3 rings (SSSR count). The van der Waals surface area contributed by atoms with Crippen molar-refractivity contribution in [1.82, 2.24) is 4.57 Å². The third-order valence-corrected chi connectivity index (χ3v) is 4.49. The SMILES string of the molecule is COCCn1c(=NC(=O)C2=COCCO2)sc2cc([N+](=O)[O-])ccc21. The van der Waals surface area contributed by atoms with Gasteiger partial charge in [-0.25, -0.2) is 0 Å². The van der Waals surface area contributed by atoms with Gasteiger partial charge in [-0.05, 0) is 6.07 Å². The topological polar surface area (TPSA) is 105 Å². The van der Waals surface area contributed by atoms with Gasteiger partial charge in [-0.3, -0.25) is 14.9 Å². The van der Waals surface area contributed by atoms with E-state index in [1.807, 2.05) is 0 Å². The van der Waals surface area contributed by atoms with Crippen LogP contribution < -0.4 is 4.80 Å². The number of nitrogens with zero attached hydrogens (tertiary/aromatic N) is 3. The van der Waals surface area contributed by atoms with Crippen LogP contribution in [0, 0.1) is 10.1 Å². The smallest absolute Gasteiger partial charge is 0.317 e. The number of non-ortho nitro benzene ring substituents is 1. The van der Waals surface area contributed by atoms with Crippen molar-refractivity contribution in [2.24, 2.45) is 4.99 Å². The first-order valence-corrected chi connectivity index (χ1v) is 8.22. The Kier molecular flexibility index (Phi) is 5.10. The minimum absolute atomic E-state index is 0.0164. The molecule has 9 nitrogen and oxygen atoms in total. The zero-order chi connectivity index (χ0) is 17.8. The van der Waals surface area contributed by atoms with Crippen molar-refractivity contribution in [3.05, 3.63) is 45.1 Å². The van der Waals surface area contributed by atoms with E-state index in [-0.39, 0.29) is 18.1 Å². The first-order chi connectivity index (χ1) is 12.1. The molecule has 0 N–H and O–H groups in total. The van der Waals surface area contributed by atoms with Crippen LogP contribution in [0.15, 0.2) is 35.2 Å². The summed E-state index contributed by atoms with van der Waals surface area (Å²) in [5.74, 6) is -0.528. The predicted octanol–water partition coefficient (Wildman–Crippen LogP) is 1.57. The lowest BCUT2D eigenvalue weighted by molar-refractivity contribution is -0.384. The van der Waals surface area contributed by atoms with E-state index in [4.69, 9.17) is 14.2 Å². The quantitative estimate of drug-likeness (QED) is 0.588. The summed E-state index contributed by atoms with van der Waals surface area (Å²) in [6.07, 6.45) is 1.24. The third kappa shape index (κ3) is 3.69. The summed E-state index contributed by atoms with van der Waals surface area (Å²) in [6, 6.07) is 4.53. The molecule has 0 unspecified atom stereocenters. The van der Waals surface area contributed by atoms with Crippen molar-refractivity contribution in [2.75, 3.05) is 26.9 Å². The number of hydrogen-bond acceptors (Lipinski definition) is 7. The average Bonchev–Trinajstić information content (AvgIpc) is 2.96. The number of carbonyl (C=O) groups is 1. The molecule has 1 aromatic heterocycles. The molecule has 0 spiro atoms. The van der Waals surface area contributed by atoms with Crippen LogP contribution in [0.4, 0.5) is 5.69 Å². The lowest BCUT2D eigenvalue weighted by Gasteiger charge is -2.12. The summed E-state index contributed by atoms with van der Waals surface area (Å²) in [5, 5.41) is 11.0. The number of rotatable bonds is 5. The van der Waals surface area contributed by atoms with Crippen molar-refractivity contribution in [3.63, 3.8) is 0 Å². The van der Waals surface area contributed by atoms with Crippen LogP contribution in [0.2, 0.25) is 0 Å². The molecule has 1 amide bonds. The molecule has 1 aromatic carbocycles. The van der Waals surface area contributed by atoms with Gasteiger partial charge in [-0.2, -0.15) is 4.99 Å². The minimum atomic E-state index is -0.563. The number of amides is 1. The number of methoxy groups -OCH3 is 1. The highest BCUT2D eigenvalue weighted by atomic mass is 32.1. The van der Waals surface area contributed by atoms with Crippen LogP contribution in [-0.4, -0.2) is 42.3 Å². The van der Waals surface area contributed by atoms with Gasteiger partial charge in [0.1, 0.15) is 19.5 Å². The second kappa shape index (κ2) is 7.45. The molecule has 0 fully saturated rings. The summed E-state index contributed by atoms with van der Waals surface area (Å²) < 4.78 is 17.8. The summed E-state index contributed by atoms with van der Waals surface area (Å²) >= 11 is 1.19. The standard InChI is InChI=1S/C15H15N3O6S/c1-22-5-4-17-11-3-2-10(18(20)21)8-13(11)25-15(17)16-14(19)12-9-23-6-7-24-12/h2-3,8-9H,4-7H2,1H3. The van der Waals surface area contributed by atoms with E-state index < -0.39 is 10.8 Å². The Morgan fingerprint density at radius 2 is 2.32 bits per heavy atom. The Morgan fingerprint density at radius 1 is 1.48 bits per heavy atom. The van der Waals surface area contributed by atoms with Gasteiger partial charge >= 0.3 is 5.91 Å². The molecule has 0 bridgehead atoms. The van der Waals surface area contributed by atoms with Crippen LogP contribution in [0.5, 0.6) is 0 Å². The first-order valence-electron chi connectivity index (χ1n) is 7.40. The monoisotopic (exact) mass is 365 g/mol. The molecule has 0 saturated carbocycles. The number of nitro benzene ring substituents is 1. The minimum Gasteiger partial charge on any atom is -0.494 e. The molecular weight excluding hydrogens is 350 g/mol. The summed E-state index contributed by atoms with van der Waals surface area (Å²) in [6.45, 7) is 1.54. The second-order valence-corrected chi connectivity index (χ2v) is 6.07. The van der Waals surface area contributed by atoms with Crippen LogP contribution >= 0.6 is 11.3 Å².